The standard InChI is InChI=1S/C12H16O4/c1-4-5-6-9-11(15-3)7-10(8(2)13)16-12(9)14/h7H,4-6H2,1-3H3. The highest BCUT2D eigenvalue weighted by Gasteiger charge is 2.14. The molecule has 1 rings (SSSR count). The molecule has 0 aliphatic carbocycles. The summed E-state index contributed by atoms with van der Waals surface area (Å²) < 4.78 is 10.0. The molecule has 0 fully saturated rings. The van der Waals surface area contributed by atoms with Crippen LogP contribution in [0.3, 0.4) is 0 Å². The van der Waals surface area contributed by atoms with Crippen molar-refractivity contribution in [3.8, 4) is 5.75 Å². The molecule has 0 N–H and O–H groups in total. The van der Waals surface area contributed by atoms with E-state index in [1.54, 1.807) is 0 Å². The topological polar surface area (TPSA) is 56.5 Å². The summed E-state index contributed by atoms with van der Waals surface area (Å²) in [7, 11) is 1.48. The third-order valence-electron chi connectivity index (χ3n) is 2.36. The number of rotatable bonds is 5. The monoisotopic (exact) mass is 224 g/mol. The molecule has 1 aromatic heterocycles. The summed E-state index contributed by atoms with van der Waals surface area (Å²) in [6.45, 7) is 3.39. The van der Waals surface area contributed by atoms with Gasteiger partial charge >= 0.3 is 5.63 Å². The quantitative estimate of drug-likeness (QED) is 0.719. The number of hydrogen-bond donors (Lipinski definition) is 0. The lowest BCUT2D eigenvalue weighted by molar-refractivity contribution is 0.0981. The van der Waals surface area contributed by atoms with Gasteiger partial charge in [-0.15, -0.1) is 0 Å². The third-order valence-corrected chi connectivity index (χ3v) is 2.36. The van der Waals surface area contributed by atoms with Gasteiger partial charge in [0.05, 0.1) is 12.7 Å². The van der Waals surface area contributed by atoms with E-state index in [9.17, 15) is 9.59 Å². The first-order chi connectivity index (χ1) is 7.60. The Morgan fingerprint density at radius 3 is 2.69 bits per heavy atom. The molecular formula is C12H16O4. The molecule has 16 heavy (non-hydrogen) atoms. The van der Waals surface area contributed by atoms with Crippen LogP contribution >= 0.6 is 0 Å². The van der Waals surface area contributed by atoms with Gasteiger partial charge < -0.3 is 9.15 Å². The molecule has 88 valence electrons. The molecule has 0 radical (unpaired) electrons. The minimum absolute atomic E-state index is 0.0436. The first-order valence-electron chi connectivity index (χ1n) is 5.32. The van der Waals surface area contributed by atoms with E-state index in [0.717, 1.165) is 12.8 Å². The van der Waals surface area contributed by atoms with Gasteiger partial charge in [-0.05, 0) is 12.8 Å². The van der Waals surface area contributed by atoms with Crippen molar-refractivity contribution >= 4 is 5.78 Å². The Morgan fingerprint density at radius 1 is 1.50 bits per heavy atom. The van der Waals surface area contributed by atoms with E-state index in [2.05, 4.69) is 0 Å². The minimum atomic E-state index is -0.474. The predicted molar refractivity (Wildman–Crippen MR) is 60.1 cm³/mol. The van der Waals surface area contributed by atoms with Crippen molar-refractivity contribution < 1.29 is 13.9 Å². The van der Waals surface area contributed by atoms with Crippen LogP contribution < -0.4 is 10.4 Å². The fourth-order valence-corrected chi connectivity index (χ4v) is 1.43. The molecule has 0 bridgehead atoms. The summed E-state index contributed by atoms with van der Waals surface area (Å²) in [5, 5.41) is 0. The summed E-state index contributed by atoms with van der Waals surface area (Å²) in [5.41, 5.74) is 0.0346. The van der Waals surface area contributed by atoms with Gasteiger partial charge in [0.25, 0.3) is 0 Å². The van der Waals surface area contributed by atoms with Crippen molar-refractivity contribution in [2.75, 3.05) is 7.11 Å². The lowest BCUT2D eigenvalue weighted by atomic mass is 10.1. The van der Waals surface area contributed by atoms with Gasteiger partial charge in [-0.3, -0.25) is 4.79 Å². The second-order valence-electron chi connectivity index (χ2n) is 3.60. The number of unbranched alkanes of at least 4 members (excludes halogenated alkanes) is 1. The largest absolute Gasteiger partial charge is 0.496 e. The summed E-state index contributed by atoms with van der Waals surface area (Å²) in [6, 6.07) is 1.48. The summed E-state index contributed by atoms with van der Waals surface area (Å²) in [4.78, 5) is 22.7. The van der Waals surface area contributed by atoms with Gasteiger partial charge in [0.15, 0.2) is 11.5 Å². The molecule has 0 spiro atoms. The fourth-order valence-electron chi connectivity index (χ4n) is 1.43. The van der Waals surface area contributed by atoms with Gasteiger partial charge in [0.2, 0.25) is 0 Å². The second-order valence-corrected chi connectivity index (χ2v) is 3.60. The Hall–Kier alpha value is -1.58. The van der Waals surface area contributed by atoms with Crippen LogP contribution in [0.5, 0.6) is 5.75 Å². The van der Waals surface area contributed by atoms with Gasteiger partial charge in [-0.1, -0.05) is 13.3 Å². The third kappa shape index (κ3) is 2.72. The maximum absolute atomic E-state index is 11.6. The lowest BCUT2D eigenvalue weighted by Crippen LogP contribution is -2.12. The van der Waals surface area contributed by atoms with Gasteiger partial charge in [-0.25, -0.2) is 4.79 Å². The summed E-state index contributed by atoms with van der Waals surface area (Å²) in [5.74, 6) is 0.203. The molecule has 0 aliphatic rings. The summed E-state index contributed by atoms with van der Waals surface area (Å²) in [6.07, 6.45) is 2.48. The maximum atomic E-state index is 11.6. The first kappa shape index (κ1) is 12.5. The highest BCUT2D eigenvalue weighted by atomic mass is 16.5. The highest BCUT2D eigenvalue weighted by Crippen LogP contribution is 2.18. The van der Waals surface area contributed by atoms with Crippen LogP contribution in [0.1, 0.15) is 42.8 Å². The van der Waals surface area contributed by atoms with E-state index < -0.39 is 5.63 Å². The van der Waals surface area contributed by atoms with Crippen LogP contribution in [-0.4, -0.2) is 12.9 Å². The van der Waals surface area contributed by atoms with Crippen LogP contribution in [0.4, 0.5) is 0 Å². The number of methoxy groups -OCH3 is 1. The molecule has 0 aliphatic heterocycles. The van der Waals surface area contributed by atoms with E-state index in [0.29, 0.717) is 17.7 Å². The van der Waals surface area contributed by atoms with Crippen molar-refractivity contribution in [1.82, 2.24) is 0 Å². The van der Waals surface area contributed by atoms with Crippen molar-refractivity contribution in [1.29, 1.82) is 0 Å². The SMILES string of the molecule is CCCCc1c(OC)cc(C(C)=O)oc1=O. The minimum Gasteiger partial charge on any atom is -0.496 e. The Kier molecular flexibility index (Phi) is 4.28. The average molecular weight is 224 g/mol. The van der Waals surface area contributed by atoms with Gasteiger partial charge in [-0.2, -0.15) is 0 Å². The predicted octanol–water partition coefficient (Wildman–Crippen LogP) is 2.19. The Bertz CT molecular complexity index is 431. The van der Waals surface area contributed by atoms with Crippen LogP contribution in [0, 0.1) is 0 Å². The Morgan fingerprint density at radius 2 is 2.19 bits per heavy atom. The average Bonchev–Trinajstić information content (AvgIpc) is 2.26. The first-order valence-corrected chi connectivity index (χ1v) is 5.32. The van der Waals surface area contributed by atoms with Gasteiger partial charge in [0.1, 0.15) is 5.75 Å². The summed E-state index contributed by atoms with van der Waals surface area (Å²) >= 11 is 0. The number of ether oxygens (including phenoxy) is 1. The maximum Gasteiger partial charge on any atom is 0.343 e. The van der Waals surface area contributed by atoms with E-state index in [-0.39, 0.29) is 11.5 Å². The van der Waals surface area contributed by atoms with Crippen LogP contribution in [0.2, 0.25) is 0 Å². The van der Waals surface area contributed by atoms with Crippen LogP contribution in [0.15, 0.2) is 15.3 Å². The smallest absolute Gasteiger partial charge is 0.343 e. The van der Waals surface area contributed by atoms with Crippen molar-refractivity contribution in [2.24, 2.45) is 0 Å². The number of hydrogen-bond acceptors (Lipinski definition) is 4. The molecule has 0 unspecified atom stereocenters. The van der Waals surface area contributed by atoms with E-state index in [4.69, 9.17) is 9.15 Å². The zero-order valence-electron chi connectivity index (χ0n) is 9.83. The molecule has 0 amide bonds. The van der Waals surface area contributed by atoms with Crippen molar-refractivity contribution in [3.05, 3.63) is 27.8 Å². The normalized spacial score (nSPS) is 10.2. The molecule has 1 heterocycles. The second kappa shape index (κ2) is 5.49. The molecule has 4 heteroatoms. The van der Waals surface area contributed by atoms with Crippen molar-refractivity contribution in [2.45, 2.75) is 33.1 Å². The van der Waals surface area contributed by atoms with E-state index in [1.165, 1.54) is 20.1 Å². The molecule has 0 saturated heterocycles. The lowest BCUT2D eigenvalue weighted by Gasteiger charge is -2.07. The molecular weight excluding hydrogens is 208 g/mol. The number of ketones is 1. The Balaban J connectivity index is 3.18. The van der Waals surface area contributed by atoms with Crippen LogP contribution in [0.25, 0.3) is 0 Å². The Labute approximate surface area is 94.2 Å². The van der Waals surface area contributed by atoms with Crippen LogP contribution in [-0.2, 0) is 6.42 Å². The molecule has 1 aromatic rings. The fraction of sp³-hybridized carbons (Fsp3) is 0.500. The van der Waals surface area contributed by atoms with Crippen molar-refractivity contribution in [3.63, 3.8) is 0 Å². The zero-order valence-corrected chi connectivity index (χ0v) is 9.83. The van der Waals surface area contributed by atoms with E-state index in [1.807, 2.05) is 6.92 Å². The molecule has 0 atom stereocenters. The number of carbonyl (C=O) groups is 1. The zero-order chi connectivity index (χ0) is 12.1. The number of Topliss-reactive ketones (excluding diaryl/α,β-unsaturated/α-hetero) is 1. The highest BCUT2D eigenvalue weighted by molar-refractivity contribution is 5.91. The molecule has 0 aromatic carbocycles. The molecule has 0 saturated carbocycles. The van der Waals surface area contributed by atoms with Gasteiger partial charge in [0, 0.05) is 13.0 Å². The van der Waals surface area contributed by atoms with E-state index >= 15 is 0 Å². The molecule has 4 nitrogen and oxygen atoms in total. The number of carbonyl (C=O) groups excluding carboxylic acids is 1.